The fourth-order valence-corrected chi connectivity index (χ4v) is 7.55. The van der Waals surface area contributed by atoms with Crippen molar-refractivity contribution in [3.8, 4) is 0 Å². The van der Waals surface area contributed by atoms with E-state index in [2.05, 4.69) is 5.32 Å². The number of methoxy groups -OCH3 is 1. The van der Waals surface area contributed by atoms with Gasteiger partial charge in [-0.15, -0.1) is 0 Å². The van der Waals surface area contributed by atoms with Crippen LogP contribution in [0.2, 0.25) is 0 Å². The second-order valence-electron chi connectivity index (χ2n) is 13.5. The van der Waals surface area contributed by atoms with Gasteiger partial charge in [0.2, 0.25) is 17.6 Å². The van der Waals surface area contributed by atoms with Gasteiger partial charge in [0, 0.05) is 36.7 Å². The molecule has 5 rings (SSSR count). The first-order valence-corrected chi connectivity index (χ1v) is 16.3. The molecule has 3 fully saturated rings. The maximum Gasteiger partial charge on any atom is 0.374 e. The number of amides is 2. The zero-order valence-corrected chi connectivity index (χ0v) is 26.3. The Hall–Kier alpha value is -2.98. The van der Waals surface area contributed by atoms with E-state index in [9.17, 15) is 18.8 Å². The molecule has 1 saturated heterocycles. The van der Waals surface area contributed by atoms with Crippen LogP contribution in [-0.2, 0) is 19.1 Å². The molecular weight excluding hydrogens is 565 g/mol. The van der Waals surface area contributed by atoms with Crippen LogP contribution in [0.3, 0.4) is 0 Å². The van der Waals surface area contributed by atoms with Gasteiger partial charge in [0.05, 0.1) is 12.7 Å². The number of fused-ring (bicyclic) bond motifs is 1. The molecule has 0 radical (unpaired) electrons. The van der Waals surface area contributed by atoms with E-state index < -0.39 is 24.7 Å². The van der Waals surface area contributed by atoms with Gasteiger partial charge in [-0.05, 0) is 106 Å². The Balaban J connectivity index is 1.32. The lowest BCUT2D eigenvalue weighted by Crippen LogP contribution is -2.50. The molecule has 10 heteroatoms. The van der Waals surface area contributed by atoms with Crippen LogP contribution in [0.15, 0.2) is 28.7 Å². The number of halogens is 1. The number of nitrogens with two attached hydrogens (primary N) is 1. The highest BCUT2D eigenvalue weighted by molar-refractivity contribution is 6.00. The fraction of sp³-hybridized carbons (Fsp3) is 0.676. The Morgan fingerprint density at radius 2 is 1.77 bits per heavy atom. The van der Waals surface area contributed by atoms with E-state index in [0.717, 1.165) is 44.9 Å². The number of benzene rings is 1. The maximum absolute atomic E-state index is 14.1. The maximum atomic E-state index is 14.1. The van der Waals surface area contributed by atoms with Crippen LogP contribution in [0.5, 0.6) is 0 Å². The summed E-state index contributed by atoms with van der Waals surface area (Å²) in [7, 11) is 1.75. The Bertz CT molecular complexity index is 1300. The first-order chi connectivity index (χ1) is 21.2. The number of carbonyl (C=O) groups excluding carboxylic acids is 3. The minimum atomic E-state index is -0.570. The summed E-state index contributed by atoms with van der Waals surface area (Å²) in [6.07, 6.45) is 7.69. The topological polar surface area (TPSA) is 124 Å². The second-order valence-corrected chi connectivity index (χ2v) is 13.5. The van der Waals surface area contributed by atoms with Gasteiger partial charge in [-0.1, -0.05) is 13.8 Å². The molecule has 3 aliphatic rings. The molecule has 3 atom stereocenters. The number of ether oxygens (including phenoxy) is 2. The molecule has 1 aliphatic heterocycles. The SMILES string of the molecule is COC1CCC([C@@H]2CCN(C(=O)C3CCC(C(N)CF)CC3)[C@@H]2C(=O)Nc2ccc3oc(C(=O)OCC(C)C)cc3c2)CC1. The van der Waals surface area contributed by atoms with Gasteiger partial charge >= 0.3 is 5.97 Å². The molecule has 0 spiro atoms. The van der Waals surface area contributed by atoms with Crippen molar-refractivity contribution >= 4 is 34.4 Å². The summed E-state index contributed by atoms with van der Waals surface area (Å²) in [5.74, 6) is -0.0355. The molecule has 242 valence electrons. The van der Waals surface area contributed by atoms with Crippen molar-refractivity contribution in [2.45, 2.75) is 89.8 Å². The highest BCUT2D eigenvalue weighted by Gasteiger charge is 2.47. The summed E-state index contributed by atoms with van der Waals surface area (Å²) in [4.78, 5) is 42.3. The molecule has 2 heterocycles. The third-order valence-corrected chi connectivity index (χ3v) is 10.1. The highest BCUT2D eigenvalue weighted by Crippen LogP contribution is 2.42. The van der Waals surface area contributed by atoms with Gasteiger partial charge in [-0.2, -0.15) is 0 Å². The monoisotopic (exact) mass is 613 g/mol. The van der Waals surface area contributed by atoms with E-state index in [1.54, 1.807) is 31.4 Å². The number of hydrogen-bond acceptors (Lipinski definition) is 7. The molecule has 2 aromatic rings. The van der Waals surface area contributed by atoms with Crippen LogP contribution in [0.4, 0.5) is 10.1 Å². The third kappa shape index (κ3) is 7.28. The number of alkyl halides is 1. The number of anilines is 1. The quantitative estimate of drug-likeness (QED) is 0.329. The minimum absolute atomic E-state index is 0.0281. The van der Waals surface area contributed by atoms with Crippen molar-refractivity contribution in [1.82, 2.24) is 4.90 Å². The van der Waals surface area contributed by atoms with Crippen LogP contribution in [0.1, 0.15) is 82.2 Å². The summed E-state index contributed by atoms with van der Waals surface area (Å²) in [6.45, 7) is 4.24. The summed E-state index contributed by atoms with van der Waals surface area (Å²) in [5, 5.41) is 3.76. The number of esters is 1. The summed E-state index contributed by atoms with van der Waals surface area (Å²) in [5.41, 5.74) is 7.06. The minimum Gasteiger partial charge on any atom is -0.460 e. The van der Waals surface area contributed by atoms with Gasteiger partial charge in [0.1, 0.15) is 18.3 Å². The van der Waals surface area contributed by atoms with E-state index in [0.29, 0.717) is 48.6 Å². The molecule has 2 amide bonds. The fourth-order valence-electron chi connectivity index (χ4n) is 7.55. The lowest BCUT2D eigenvalue weighted by Gasteiger charge is -2.37. The zero-order chi connectivity index (χ0) is 31.4. The number of rotatable bonds is 10. The van der Waals surface area contributed by atoms with E-state index in [1.807, 2.05) is 18.7 Å². The number of hydrogen-bond donors (Lipinski definition) is 2. The molecule has 3 N–H and O–H groups in total. The average Bonchev–Trinajstić information content (AvgIpc) is 3.68. The molecule has 1 unspecified atom stereocenters. The van der Waals surface area contributed by atoms with Gasteiger partial charge in [0.25, 0.3) is 0 Å². The van der Waals surface area contributed by atoms with Crippen molar-refractivity contribution in [3.63, 3.8) is 0 Å². The Morgan fingerprint density at radius 1 is 1.05 bits per heavy atom. The van der Waals surface area contributed by atoms with Gasteiger partial charge in [0.15, 0.2) is 0 Å². The Kier molecular flexibility index (Phi) is 10.6. The number of furan rings is 1. The average molecular weight is 614 g/mol. The largest absolute Gasteiger partial charge is 0.460 e. The lowest BCUT2D eigenvalue weighted by atomic mass is 9.75. The summed E-state index contributed by atoms with van der Waals surface area (Å²) in [6, 6.07) is 5.84. The molecular formula is C34H48FN3O6. The van der Waals surface area contributed by atoms with E-state index >= 15 is 0 Å². The first kappa shape index (κ1) is 32.4. The molecule has 9 nitrogen and oxygen atoms in total. The van der Waals surface area contributed by atoms with E-state index in [4.69, 9.17) is 19.6 Å². The Morgan fingerprint density at radius 3 is 2.43 bits per heavy atom. The third-order valence-electron chi connectivity index (χ3n) is 10.1. The zero-order valence-electron chi connectivity index (χ0n) is 26.3. The summed E-state index contributed by atoms with van der Waals surface area (Å²) >= 11 is 0. The normalized spacial score (nSPS) is 28.3. The molecule has 0 bridgehead atoms. The lowest BCUT2D eigenvalue weighted by molar-refractivity contribution is -0.142. The number of nitrogens with one attached hydrogen (secondary N) is 1. The highest BCUT2D eigenvalue weighted by atomic mass is 19.1. The number of nitrogens with zero attached hydrogens (tertiary/aromatic N) is 1. The van der Waals surface area contributed by atoms with Crippen molar-refractivity contribution in [2.75, 3.05) is 32.3 Å². The van der Waals surface area contributed by atoms with Crippen LogP contribution in [0, 0.1) is 29.6 Å². The smallest absolute Gasteiger partial charge is 0.374 e. The molecule has 44 heavy (non-hydrogen) atoms. The molecule has 1 aromatic carbocycles. The Labute approximate surface area is 259 Å². The standard InChI is InChI=1S/C34H48FN3O6/c1-20(2)19-43-34(41)30-17-24-16-25(10-13-29(24)44-30)37-32(39)31-27(21-8-11-26(42-3)12-9-21)14-15-38(31)33(40)23-6-4-22(5-7-23)28(36)18-35/h10,13,16-17,20-23,26-28,31H,4-9,11-12,14-15,18-19,36H2,1-3H3,(H,37,39)/t21?,22?,23?,26?,27-,28?,31-/m0/s1. The van der Waals surface area contributed by atoms with Crippen molar-refractivity contribution < 1.29 is 32.7 Å². The van der Waals surface area contributed by atoms with E-state index in [1.165, 1.54) is 0 Å². The van der Waals surface area contributed by atoms with Crippen molar-refractivity contribution in [2.24, 2.45) is 35.3 Å². The van der Waals surface area contributed by atoms with Crippen LogP contribution >= 0.6 is 0 Å². The predicted molar refractivity (Wildman–Crippen MR) is 166 cm³/mol. The van der Waals surface area contributed by atoms with Crippen LogP contribution in [-0.4, -0.2) is 67.8 Å². The van der Waals surface area contributed by atoms with Crippen molar-refractivity contribution in [3.05, 3.63) is 30.0 Å². The molecule has 1 aromatic heterocycles. The van der Waals surface area contributed by atoms with Gasteiger partial charge in [-0.25, -0.2) is 9.18 Å². The van der Waals surface area contributed by atoms with E-state index in [-0.39, 0.29) is 47.4 Å². The molecule has 2 saturated carbocycles. The van der Waals surface area contributed by atoms with Crippen molar-refractivity contribution in [1.29, 1.82) is 0 Å². The van der Waals surface area contributed by atoms with Gasteiger partial charge < -0.3 is 29.8 Å². The van der Waals surface area contributed by atoms with Crippen LogP contribution in [0.25, 0.3) is 11.0 Å². The van der Waals surface area contributed by atoms with Gasteiger partial charge in [-0.3, -0.25) is 9.59 Å². The predicted octanol–water partition coefficient (Wildman–Crippen LogP) is 5.71. The number of carbonyl (C=O) groups is 3. The summed E-state index contributed by atoms with van der Waals surface area (Å²) < 4.78 is 29.8. The second kappa shape index (κ2) is 14.4. The van der Waals surface area contributed by atoms with Crippen LogP contribution < -0.4 is 11.1 Å². The number of likely N-dealkylation sites (tertiary alicyclic amines) is 1. The molecule has 2 aliphatic carbocycles. The first-order valence-electron chi connectivity index (χ1n) is 16.3.